The average Bonchev–Trinajstić information content (AvgIpc) is 3.90. The first-order valence-electron chi connectivity index (χ1n) is 18.6. The van der Waals surface area contributed by atoms with E-state index in [-0.39, 0.29) is 0 Å². The number of hydrogen-bond donors (Lipinski definition) is 0. The molecule has 5 nitrogen and oxygen atoms in total. The van der Waals surface area contributed by atoms with Gasteiger partial charge in [0, 0.05) is 66.3 Å². The van der Waals surface area contributed by atoms with Crippen molar-refractivity contribution in [2.75, 3.05) is 0 Å². The van der Waals surface area contributed by atoms with Crippen LogP contribution in [-0.2, 0) is 0 Å². The average molecular weight is 703 g/mol. The Hall–Kier alpha value is -7.50. The van der Waals surface area contributed by atoms with E-state index in [0.29, 0.717) is 5.82 Å². The molecule has 55 heavy (non-hydrogen) atoms. The summed E-state index contributed by atoms with van der Waals surface area (Å²) in [7, 11) is 0. The van der Waals surface area contributed by atoms with Gasteiger partial charge in [-0.1, -0.05) is 115 Å². The van der Waals surface area contributed by atoms with Gasteiger partial charge in [-0.3, -0.25) is 0 Å². The normalized spacial score (nSPS) is 12.0. The first kappa shape index (κ1) is 30.0. The highest BCUT2D eigenvalue weighted by Gasteiger charge is 2.22. The zero-order valence-electron chi connectivity index (χ0n) is 29.5. The van der Waals surface area contributed by atoms with Gasteiger partial charge in [0.15, 0.2) is 5.82 Å². The van der Waals surface area contributed by atoms with Gasteiger partial charge in [0.25, 0.3) is 0 Å². The van der Waals surface area contributed by atoms with Crippen molar-refractivity contribution in [2.45, 2.75) is 0 Å². The van der Waals surface area contributed by atoms with Crippen molar-refractivity contribution in [2.24, 2.45) is 0 Å². The van der Waals surface area contributed by atoms with Gasteiger partial charge in [0.2, 0.25) is 0 Å². The van der Waals surface area contributed by atoms with Crippen LogP contribution in [0, 0.1) is 0 Å². The van der Waals surface area contributed by atoms with Crippen LogP contribution in [0.3, 0.4) is 0 Å². The summed E-state index contributed by atoms with van der Waals surface area (Å²) in [4.78, 5) is 10.3. The minimum absolute atomic E-state index is 0.699. The molecule has 12 rings (SSSR count). The Labute approximate surface area is 315 Å². The molecular weight excluding hydrogens is 673 g/mol. The molecule has 0 saturated heterocycles. The predicted octanol–water partition coefficient (Wildman–Crippen LogP) is 13.1. The number of benzene rings is 8. The summed E-state index contributed by atoms with van der Waals surface area (Å²) in [6.45, 7) is 0. The zero-order chi connectivity index (χ0) is 36.0. The van der Waals surface area contributed by atoms with Gasteiger partial charge in [0.1, 0.15) is 11.2 Å². The lowest BCUT2D eigenvalue weighted by Crippen LogP contribution is -1.98. The summed E-state index contributed by atoms with van der Waals surface area (Å²) >= 11 is 0. The standard InChI is InChI=1S/C50H30N4O/c1-3-14-31(15-4-1)49-36-21-7-10-23-40(36)51-50(52-49)32-16-13-19-34(28-32)54-41-24-11-8-22-37(41)47-42(54)26-27-43-48(47)39-29-38-35-20-9-12-25-45(35)55-46(38)30-44(39)53(43)33-17-5-2-6-18-33/h1-30H. The number of rotatable bonds is 4. The van der Waals surface area contributed by atoms with Crippen molar-refractivity contribution in [1.29, 1.82) is 0 Å². The number of hydrogen-bond acceptors (Lipinski definition) is 3. The summed E-state index contributed by atoms with van der Waals surface area (Å²) in [6.07, 6.45) is 0. The SMILES string of the molecule is c1ccc(-c2nc(-c3cccc(-n4c5ccccc5c5c6c7cc8c(cc7n(-c7ccccc7)c6ccc54)oc4ccccc48)c3)nc3ccccc23)cc1. The maximum absolute atomic E-state index is 6.44. The monoisotopic (exact) mass is 702 g/mol. The first-order valence-corrected chi connectivity index (χ1v) is 18.6. The minimum atomic E-state index is 0.699. The van der Waals surface area contributed by atoms with E-state index in [1.165, 1.54) is 21.5 Å². The predicted molar refractivity (Wildman–Crippen MR) is 226 cm³/mol. The maximum Gasteiger partial charge on any atom is 0.160 e. The third-order valence-electron chi connectivity index (χ3n) is 11.1. The van der Waals surface area contributed by atoms with Gasteiger partial charge >= 0.3 is 0 Å². The van der Waals surface area contributed by atoms with Gasteiger partial charge in [-0.05, 0) is 60.7 Å². The lowest BCUT2D eigenvalue weighted by Gasteiger charge is -2.12. The molecule has 12 aromatic rings. The third kappa shape index (κ3) is 4.41. The van der Waals surface area contributed by atoms with E-state index in [2.05, 4.69) is 173 Å². The van der Waals surface area contributed by atoms with Gasteiger partial charge in [-0.25, -0.2) is 9.97 Å². The van der Waals surface area contributed by atoms with Crippen molar-refractivity contribution in [3.05, 3.63) is 182 Å². The Morgan fingerprint density at radius 3 is 1.84 bits per heavy atom. The van der Waals surface area contributed by atoms with Crippen LogP contribution in [0.15, 0.2) is 186 Å². The molecule has 5 heteroatoms. The highest BCUT2D eigenvalue weighted by Crippen LogP contribution is 2.44. The van der Waals surface area contributed by atoms with Gasteiger partial charge < -0.3 is 13.6 Å². The molecule has 0 aliphatic carbocycles. The van der Waals surface area contributed by atoms with Gasteiger partial charge in [0.05, 0.1) is 33.3 Å². The molecule has 0 amide bonds. The smallest absolute Gasteiger partial charge is 0.160 e. The molecule has 4 aromatic heterocycles. The van der Waals surface area contributed by atoms with E-state index in [1.807, 2.05) is 18.2 Å². The lowest BCUT2D eigenvalue weighted by atomic mass is 10.0. The molecule has 0 radical (unpaired) electrons. The fourth-order valence-electron chi connectivity index (χ4n) is 8.72. The lowest BCUT2D eigenvalue weighted by molar-refractivity contribution is 0.669. The van der Waals surface area contributed by atoms with Crippen LogP contribution in [0.2, 0.25) is 0 Å². The molecule has 0 bridgehead atoms. The first-order chi connectivity index (χ1) is 27.3. The number of nitrogens with zero attached hydrogens (tertiary/aromatic N) is 4. The molecule has 0 spiro atoms. The summed E-state index contributed by atoms with van der Waals surface area (Å²) in [5, 5.41) is 8.12. The van der Waals surface area contributed by atoms with E-state index in [0.717, 1.165) is 83.1 Å². The molecule has 0 atom stereocenters. The number of aromatic nitrogens is 4. The Morgan fingerprint density at radius 2 is 1.00 bits per heavy atom. The number of furan rings is 1. The number of para-hydroxylation sites is 4. The molecule has 0 fully saturated rings. The largest absolute Gasteiger partial charge is 0.456 e. The molecule has 8 aromatic carbocycles. The van der Waals surface area contributed by atoms with Crippen LogP contribution in [0.5, 0.6) is 0 Å². The Balaban J connectivity index is 1.15. The quantitative estimate of drug-likeness (QED) is 0.183. The third-order valence-corrected chi connectivity index (χ3v) is 11.1. The topological polar surface area (TPSA) is 48.8 Å². The minimum Gasteiger partial charge on any atom is -0.456 e. The molecule has 0 aliphatic heterocycles. The van der Waals surface area contributed by atoms with Crippen molar-refractivity contribution in [3.8, 4) is 34.0 Å². The van der Waals surface area contributed by atoms with Crippen LogP contribution >= 0.6 is 0 Å². The maximum atomic E-state index is 6.44. The molecule has 0 aliphatic rings. The van der Waals surface area contributed by atoms with Crippen LogP contribution in [0.4, 0.5) is 0 Å². The number of fused-ring (bicyclic) bond motifs is 11. The van der Waals surface area contributed by atoms with Gasteiger partial charge in [-0.15, -0.1) is 0 Å². The summed E-state index contributed by atoms with van der Waals surface area (Å²) in [5.74, 6) is 0.699. The van der Waals surface area contributed by atoms with Gasteiger partial charge in [-0.2, -0.15) is 0 Å². The summed E-state index contributed by atoms with van der Waals surface area (Å²) < 4.78 is 11.2. The molecule has 256 valence electrons. The molecule has 4 heterocycles. The van der Waals surface area contributed by atoms with Crippen LogP contribution in [0.1, 0.15) is 0 Å². The van der Waals surface area contributed by atoms with E-state index in [1.54, 1.807) is 0 Å². The molecule has 0 unspecified atom stereocenters. The Kier molecular flexibility index (Phi) is 6.27. The molecular formula is C50H30N4O. The van der Waals surface area contributed by atoms with Crippen molar-refractivity contribution < 1.29 is 4.42 Å². The second-order valence-electron chi connectivity index (χ2n) is 14.2. The van der Waals surface area contributed by atoms with E-state index in [4.69, 9.17) is 14.4 Å². The summed E-state index contributed by atoms with van der Waals surface area (Å²) in [5.41, 5.74) is 12.4. The Morgan fingerprint density at radius 1 is 0.364 bits per heavy atom. The summed E-state index contributed by atoms with van der Waals surface area (Å²) in [6, 6.07) is 64.1. The van der Waals surface area contributed by atoms with Crippen LogP contribution in [0.25, 0.3) is 110 Å². The van der Waals surface area contributed by atoms with Crippen molar-refractivity contribution in [3.63, 3.8) is 0 Å². The fourth-order valence-corrected chi connectivity index (χ4v) is 8.72. The highest BCUT2D eigenvalue weighted by atomic mass is 16.3. The molecule has 0 saturated carbocycles. The molecule has 0 N–H and O–H groups in total. The zero-order valence-corrected chi connectivity index (χ0v) is 29.5. The van der Waals surface area contributed by atoms with E-state index in [9.17, 15) is 0 Å². The van der Waals surface area contributed by atoms with E-state index < -0.39 is 0 Å². The second-order valence-corrected chi connectivity index (χ2v) is 14.2. The van der Waals surface area contributed by atoms with Crippen molar-refractivity contribution >= 4 is 76.5 Å². The van der Waals surface area contributed by atoms with Crippen LogP contribution in [-0.4, -0.2) is 19.1 Å². The Bertz CT molecular complexity index is 3480. The fraction of sp³-hybridized carbons (Fsp3) is 0. The van der Waals surface area contributed by atoms with Crippen molar-refractivity contribution in [1.82, 2.24) is 19.1 Å². The van der Waals surface area contributed by atoms with Crippen LogP contribution < -0.4 is 0 Å². The van der Waals surface area contributed by atoms with E-state index >= 15 is 0 Å². The second kappa shape index (κ2) is 11.5. The highest BCUT2D eigenvalue weighted by molar-refractivity contribution is 6.30.